The monoisotopic (exact) mass is 319 g/mol. The Kier molecular flexibility index (Phi) is 6.51. The zero-order valence-corrected chi connectivity index (χ0v) is 13.4. The molecule has 0 saturated heterocycles. The number of carbonyl (C=O) groups excluding carboxylic acids is 1. The molecule has 22 heavy (non-hydrogen) atoms. The fraction of sp³-hybridized carbons (Fsp3) is 0.375. The molecule has 0 spiro atoms. The first-order chi connectivity index (χ1) is 10.7. The summed E-state index contributed by atoms with van der Waals surface area (Å²) in [5.74, 6) is -0.0312. The van der Waals surface area contributed by atoms with Gasteiger partial charge in [-0.25, -0.2) is 4.98 Å². The highest BCUT2D eigenvalue weighted by molar-refractivity contribution is 7.09. The molecule has 1 unspecified atom stereocenters. The van der Waals surface area contributed by atoms with Crippen molar-refractivity contribution in [3.63, 3.8) is 0 Å². The largest absolute Gasteiger partial charge is 0.396 e. The number of benzene rings is 1. The van der Waals surface area contributed by atoms with Gasteiger partial charge < -0.3 is 15.7 Å². The van der Waals surface area contributed by atoms with Crippen LogP contribution in [0.15, 0.2) is 35.7 Å². The summed E-state index contributed by atoms with van der Waals surface area (Å²) in [6.45, 7) is 0.745. The molecular formula is C16H21N3O2S. The number of thiazole rings is 1. The minimum Gasteiger partial charge on any atom is -0.396 e. The molecule has 0 fully saturated rings. The van der Waals surface area contributed by atoms with Crippen LogP contribution >= 0.6 is 11.3 Å². The summed E-state index contributed by atoms with van der Waals surface area (Å²) >= 11 is 1.49. The molecule has 2 aromatic rings. The van der Waals surface area contributed by atoms with E-state index >= 15 is 0 Å². The van der Waals surface area contributed by atoms with Crippen LogP contribution in [0.4, 0.5) is 0 Å². The van der Waals surface area contributed by atoms with E-state index in [9.17, 15) is 9.90 Å². The lowest BCUT2D eigenvalue weighted by Gasteiger charge is -2.17. The highest BCUT2D eigenvalue weighted by Crippen LogP contribution is 2.17. The van der Waals surface area contributed by atoms with Crippen LogP contribution in [0.5, 0.6) is 0 Å². The van der Waals surface area contributed by atoms with E-state index in [0.717, 1.165) is 16.3 Å². The first-order valence-corrected chi connectivity index (χ1v) is 8.14. The van der Waals surface area contributed by atoms with Crippen molar-refractivity contribution >= 4 is 17.2 Å². The third kappa shape index (κ3) is 4.91. The summed E-state index contributed by atoms with van der Waals surface area (Å²) in [6.07, 6.45) is 0.971. The van der Waals surface area contributed by atoms with E-state index in [1.54, 1.807) is 7.05 Å². The third-order valence-electron chi connectivity index (χ3n) is 3.34. The number of rotatable bonds is 8. The van der Waals surface area contributed by atoms with Crippen molar-refractivity contribution in [2.45, 2.75) is 25.4 Å². The average molecular weight is 319 g/mol. The van der Waals surface area contributed by atoms with Crippen LogP contribution in [0.25, 0.3) is 0 Å². The van der Waals surface area contributed by atoms with Gasteiger partial charge in [-0.15, -0.1) is 11.3 Å². The number of likely N-dealkylation sites (N-methyl/N-ethyl adjacent to an activating group) is 1. The molecule has 3 N–H and O–H groups in total. The minimum absolute atomic E-state index is 0.0312. The van der Waals surface area contributed by atoms with Crippen molar-refractivity contribution in [2.24, 2.45) is 0 Å². The number of nitrogens with zero attached hydrogens (tertiary/aromatic N) is 1. The minimum atomic E-state index is -0.0312. The molecule has 118 valence electrons. The molecule has 0 bridgehead atoms. The molecule has 0 radical (unpaired) electrons. The predicted molar refractivity (Wildman–Crippen MR) is 87.6 cm³/mol. The van der Waals surface area contributed by atoms with Gasteiger partial charge in [-0.3, -0.25) is 4.79 Å². The van der Waals surface area contributed by atoms with Gasteiger partial charge in [0.1, 0.15) is 5.01 Å². The highest BCUT2D eigenvalue weighted by Gasteiger charge is 2.12. The van der Waals surface area contributed by atoms with Crippen molar-refractivity contribution < 1.29 is 9.90 Å². The summed E-state index contributed by atoms with van der Waals surface area (Å²) in [5.41, 5.74) is 2.07. The Morgan fingerprint density at radius 2 is 2.14 bits per heavy atom. The second kappa shape index (κ2) is 8.63. The zero-order chi connectivity index (χ0) is 15.8. The predicted octanol–water partition coefficient (Wildman–Crippen LogP) is 1.64. The van der Waals surface area contributed by atoms with E-state index in [1.807, 2.05) is 35.7 Å². The molecule has 0 aliphatic rings. The maximum atomic E-state index is 11.3. The topological polar surface area (TPSA) is 74.2 Å². The van der Waals surface area contributed by atoms with Crippen LogP contribution in [-0.4, -0.2) is 29.7 Å². The molecule has 5 nitrogen and oxygen atoms in total. The first-order valence-electron chi connectivity index (χ1n) is 7.26. The fourth-order valence-corrected chi connectivity index (χ4v) is 2.96. The van der Waals surface area contributed by atoms with Crippen LogP contribution in [0.3, 0.4) is 0 Å². The van der Waals surface area contributed by atoms with E-state index in [1.165, 1.54) is 11.3 Å². The number of aliphatic hydroxyl groups excluding tert-OH is 1. The van der Waals surface area contributed by atoms with E-state index < -0.39 is 0 Å². The van der Waals surface area contributed by atoms with Crippen LogP contribution in [-0.2, 0) is 17.8 Å². The van der Waals surface area contributed by atoms with Crippen LogP contribution in [0, 0.1) is 0 Å². The van der Waals surface area contributed by atoms with E-state index in [-0.39, 0.29) is 18.6 Å². The summed E-state index contributed by atoms with van der Waals surface area (Å²) in [5, 5.41) is 18.0. The maximum absolute atomic E-state index is 11.3. The van der Waals surface area contributed by atoms with Gasteiger partial charge in [-0.05, 0) is 12.0 Å². The lowest BCUT2D eigenvalue weighted by atomic mass is 10.0. The number of aliphatic hydroxyl groups is 1. The molecule has 0 saturated carbocycles. The molecule has 1 atom stereocenters. The van der Waals surface area contributed by atoms with E-state index in [0.29, 0.717) is 19.4 Å². The van der Waals surface area contributed by atoms with Crippen molar-refractivity contribution in [1.29, 1.82) is 0 Å². The normalized spacial score (nSPS) is 12.1. The molecule has 0 aliphatic carbocycles. The van der Waals surface area contributed by atoms with Gasteiger partial charge in [0.15, 0.2) is 0 Å². The fourth-order valence-electron chi connectivity index (χ4n) is 2.17. The Hall–Kier alpha value is -1.76. The summed E-state index contributed by atoms with van der Waals surface area (Å²) < 4.78 is 0. The summed E-state index contributed by atoms with van der Waals surface area (Å²) in [4.78, 5) is 15.8. The number of hydrogen-bond acceptors (Lipinski definition) is 5. The van der Waals surface area contributed by atoms with E-state index in [2.05, 4.69) is 15.6 Å². The standard InChI is InChI=1S/C16H21N3O2S/c1-17-15(21)9-16-19-13(11-22-16)10-18-14(7-8-20)12-5-3-2-4-6-12/h2-6,11,14,18,20H,7-10H2,1H3,(H,17,21). The van der Waals surface area contributed by atoms with Gasteiger partial charge in [0.05, 0.1) is 12.1 Å². The first kappa shape index (κ1) is 16.6. The SMILES string of the molecule is CNC(=O)Cc1nc(CNC(CCO)c2ccccc2)cs1. The Morgan fingerprint density at radius 3 is 2.82 bits per heavy atom. The maximum Gasteiger partial charge on any atom is 0.226 e. The Morgan fingerprint density at radius 1 is 1.36 bits per heavy atom. The van der Waals surface area contributed by atoms with Gasteiger partial charge in [0.25, 0.3) is 0 Å². The average Bonchev–Trinajstić information content (AvgIpc) is 2.99. The number of hydrogen-bond donors (Lipinski definition) is 3. The second-order valence-corrected chi connectivity index (χ2v) is 5.88. The highest BCUT2D eigenvalue weighted by atomic mass is 32.1. The number of carbonyl (C=O) groups is 1. The van der Waals surface area contributed by atoms with Gasteiger partial charge in [-0.1, -0.05) is 30.3 Å². The molecule has 0 aliphatic heterocycles. The molecule has 1 aromatic carbocycles. The van der Waals surface area contributed by atoms with Gasteiger partial charge in [-0.2, -0.15) is 0 Å². The molecule has 2 rings (SSSR count). The van der Waals surface area contributed by atoms with Crippen molar-refractivity contribution in [2.75, 3.05) is 13.7 Å². The van der Waals surface area contributed by atoms with Crippen LogP contribution in [0.2, 0.25) is 0 Å². The van der Waals surface area contributed by atoms with Crippen molar-refractivity contribution in [3.8, 4) is 0 Å². The van der Waals surface area contributed by atoms with Gasteiger partial charge >= 0.3 is 0 Å². The Balaban J connectivity index is 1.94. The number of nitrogens with one attached hydrogen (secondary N) is 2. The molecular weight excluding hydrogens is 298 g/mol. The number of aromatic nitrogens is 1. The van der Waals surface area contributed by atoms with Crippen LogP contribution in [0.1, 0.15) is 28.7 Å². The number of amides is 1. The molecule has 6 heteroatoms. The van der Waals surface area contributed by atoms with Gasteiger partial charge in [0, 0.05) is 31.6 Å². The zero-order valence-electron chi connectivity index (χ0n) is 12.6. The molecule has 1 amide bonds. The quantitative estimate of drug-likeness (QED) is 0.691. The van der Waals surface area contributed by atoms with E-state index in [4.69, 9.17) is 0 Å². The van der Waals surface area contributed by atoms with Crippen molar-refractivity contribution in [1.82, 2.24) is 15.6 Å². The lowest BCUT2D eigenvalue weighted by Crippen LogP contribution is -2.22. The molecule has 1 heterocycles. The third-order valence-corrected chi connectivity index (χ3v) is 4.24. The summed E-state index contributed by atoms with van der Waals surface area (Å²) in [7, 11) is 1.62. The molecule has 1 aromatic heterocycles. The van der Waals surface area contributed by atoms with Crippen molar-refractivity contribution in [3.05, 3.63) is 52.0 Å². The second-order valence-electron chi connectivity index (χ2n) is 4.94. The lowest BCUT2D eigenvalue weighted by molar-refractivity contribution is -0.119. The van der Waals surface area contributed by atoms with Crippen LogP contribution < -0.4 is 10.6 Å². The van der Waals surface area contributed by atoms with Gasteiger partial charge in [0.2, 0.25) is 5.91 Å². The Bertz CT molecular complexity index is 586. The smallest absolute Gasteiger partial charge is 0.226 e. The Labute approximate surface area is 134 Å². The summed E-state index contributed by atoms with van der Waals surface area (Å²) in [6, 6.07) is 10.1.